The Kier molecular flexibility index (Phi) is 3.33. The quantitative estimate of drug-likeness (QED) is 0.677. The van der Waals surface area contributed by atoms with Crippen LogP contribution in [0, 0.1) is 10.1 Å². The molecule has 1 aliphatic rings. The Morgan fingerprint density at radius 3 is 2.72 bits per heavy atom. The number of hydrogen-bond acceptors (Lipinski definition) is 5. The zero-order valence-electron chi connectivity index (χ0n) is 10.8. The fraction of sp³-hybridized carbons (Fsp3) is 0.667. The number of aliphatic hydroxyl groups excluding tert-OH is 1. The molecule has 5 nitrogen and oxygen atoms in total. The second-order valence-electron chi connectivity index (χ2n) is 5.34. The van der Waals surface area contributed by atoms with Gasteiger partial charge >= 0.3 is 5.69 Å². The van der Waals surface area contributed by atoms with E-state index in [0.717, 1.165) is 19.4 Å². The van der Waals surface area contributed by atoms with Gasteiger partial charge in [-0.05, 0) is 33.6 Å². The summed E-state index contributed by atoms with van der Waals surface area (Å²) in [5.74, 6) is 0. The van der Waals surface area contributed by atoms with Crippen molar-refractivity contribution >= 4 is 22.0 Å². The molecule has 1 unspecified atom stereocenters. The van der Waals surface area contributed by atoms with Gasteiger partial charge < -0.3 is 10.0 Å². The highest BCUT2D eigenvalue weighted by Crippen LogP contribution is 2.45. The molecule has 18 heavy (non-hydrogen) atoms. The third kappa shape index (κ3) is 2.22. The maximum absolute atomic E-state index is 11.1. The second-order valence-corrected chi connectivity index (χ2v) is 6.40. The smallest absolute Gasteiger partial charge is 0.304 e. The lowest BCUT2D eigenvalue weighted by atomic mass is 10.0. The predicted molar refractivity (Wildman–Crippen MR) is 72.3 cm³/mol. The van der Waals surface area contributed by atoms with Crippen LogP contribution < -0.4 is 4.90 Å². The van der Waals surface area contributed by atoms with Crippen LogP contribution in [0.2, 0.25) is 0 Å². The second kappa shape index (κ2) is 4.51. The standard InChI is InChI=1S/C12H18N2O3S/c1-8(15)10-7-9(14(16)17)11(18-10)13-6-4-5-12(13,2)3/h7-8,15H,4-6H2,1-3H3. The van der Waals surface area contributed by atoms with Crippen LogP contribution in [-0.4, -0.2) is 22.1 Å². The molecule has 0 saturated carbocycles. The molecule has 6 heteroatoms. The molecule has 2 rings (SSSR count). The minimum absolute atomic E-state index is 0.0500. The van der Waals surface area contributed by atoms with Crippen molar-refractivity contribution in [3.63, 3.8) is 0 Å². The minimum atomic E-state index is -0.659. The molecule has 1 fully saturated rings. The van der Waals surface area contributed by atoms with Crippen molar-refractivity contribution in [1.82, 2.24) is 0 Å². The Morgan fingerprint density at radius 1 is 1.61 bits per heavy atom. The van der Waals surface area contributed by atoms with Crippen molar-refractivity contribution < 1.29 is 10.0 Å². The first kappa shape index (κ1) is 13.3. The van der Waals surface area contributed by atoms with Gasteiger partial charge in [-0.25, -0.2) is 0 Å². The molecule has 1 atom stereocenters. The molecule has 1 saturated heterocycles. The van der Waals surface area contributed by atoms with Gasteiger partial charge in [-0.2, -0.15) is 0 Å². The van der Waals surface area contributed by atoms with Crippen LogP contribution in [0.1, 0.15) is 44.6 Å². The van der Waals surface area contributed by atoms with Crippen molar-refractivity contribution in [2.75, 3.05) is 11.4 Å². The third-order valence-electron chi connectivity index (χ3n) is 3.47. The number of aliphatic hydroxyl groups is 1. The topological polar surface area (TPSA) is 66.6 Å². The monoisotopic (exact) mass is 270 g/mol. The van der Waals surface area contributed by atoms with E-state index < -0.39 is 6.10 Å². The lowest BCUT2D eigenvalue weighted by molar-refractivity contribution is -0.383. The molecule has 0 radical (unpaired) electrons. The normalized spacial score (nSPS) is 20.1. The lowest BCUT2D eigenvalue weighted by Gasteiger charge is -2.31. The van der Waals surface area contributed by atoms with Crippen LogP contribution in [0.3, 0.4) is 0 Å². The Bertz CT molecular complexity index is 468. The molecule has 0 bridgehead atoms. The first-order chi connectivity index (χ1) is 8.33. The number of nitrogens with zero attached hydrogens (tertiary/aromatic N) is 2. The van der Waals surface area contributed by atoms with Gasteiger partial charge in [-0.3, -0.25) is 10.1 Å². The van der Waals surface area contributed by atoms with Gasteiger partial charge in [-0.15, -0.1) is 11.3 Å². The van der Waals surface area contributed by atoms with E-state index in [9.17, 15) is 15.2 Å². The van der Waals surface area contributed by atoms with E-state index in [1.54, 1.807) is 6.92 Å². The fourth-order valence-corrected chi connectivity index (χ4v) is 3.65. The van der Waals surface area contributed by atoms with Crippen LogP contribution in [0.25, 0.3) is 0 Å². The first-order valence-corrected chi connectivity index (χ1v) is 6.88. The minimum Gasteiger partial charge on any atom is -0.388 e. The molecule has 1 aromatic rings. The Labute approximate surface area is 110 Å². The summed E-state index contributed by atoms with van der Waals surface area (Å²) in [4.78, 5) is 13.5. The molecule has 0 amide bonds. The van der Waals surface area contributed by atoms with Crippen LogP contribution in [0.5, 0.6) is 0 Å². The maximum Gasteiger partial charge on any atom is 0.304 e. The Balaban J connectivity index is 2.46. The molecular formula is C12H18N2O3S. The average Bonchev–Trinajstić information content (AvgIpc) is 2.80. The van der Waals surface area contributed by atoms with E-state index in [4.69, 9.17) is 0 Å². The highest BCUT2D eigenvalue weighted by atomic mass is 32.1. The number of hydrogen-bond donors (Lipinski definition) is 1. The highest BCUT2D eigenvalue weighted by Gasteiger charge is 2.37. The number of rotatable bonds is 3. The molecular weight excluding hydrogens is 252 g/mol. The summed E-state index contributed by atoms with van der Waals surface area (Å²) in [7, 11) is 0. The molecule has 1 N–H and O–H groups in total. The summed E-state index contributed by atoms with van der Waals surface area (Å²) in [6, 6.07) is 1.50. The fourth-order valence-electron chi connectivity index (χ4n) is 2.40. The van der Waals surface area contributed by atoms with Gasteiger partial charge in [-0.1, -0.05) is 0 Å². The van der Waals surface area contributed by atoms with Gasteiger partial charge in [0.25, 0.3) is 0 Å². The number of thiophene rings is 1. The van der Waals surface area contributed by atoms with E-state index in [-0.39, 0.29) is 16.1 Å². The predicted octanol–water partition coefficient (Wildman–Crippen LogP) is 3.09. The van der Waals surface area contributed by atoms with Crippen LogP contribution in [-0.2, 0) is 0 Å². The average molecular weight is 270 g/mol. The molecule has 0 aliphatic carbocycles. The first-order valence-electron chi connectivity index (χ1n) is 6.07. The SMILES string of the molecule is CC(O)c1cc([N+](=O)[O-])c(N2CCCC2(C)C)s1. The van der Waals surface area contributed by atoms with Gasteiger partial charge in [0.05, 0.1) is 11.0 Å². The summed E-state index contributed by atoms with van der Waals surface area (Å²) in [5, 5.41) is 21.4. The summed E-state index contributed by atoms with van der Waals surface area (Å²) in [5.41, 5.74) is 0.0665. The van der Waals surface area contributed by atoms with Crippen LogP contribution in [0.15, 0.2) is 6.07 Å². The molecule has 0 spiro atoms. The van der Waals surface area contributed by atoms with E-state index >= 15 is 0 Å². The van der Waals surface area contributed by atoms with E-state index in [1.807, 2.05) is 0 Å². The Morgan fingerprint density at radius 2 is 2.28 bits per heavy atom. The Hall–Kier alpha value is -1.14. The number of nitro groups is 1. The van der Waals surface area contributed by atoms with E-state index in [0.29, 0.717) is 9.88 Å². The van der Waals surface area contributed by atoms with Crippen LogP contribution >= 0.6 is 11.3 Å². The molecule has 100 valence electrons. The molecule has 1 aliphatic heterocycles. The largest absolute Gasteiger partial charge is 0.388 e. The maximum atomic E-state index is 11.1. The van der Waals surface area contributed by atoms with Crippen LogP contribution in [0.4, 0.5) is 10.7 Å². The van der Waals surface area contributed by atoms with Gasteiger partial charge in [0.1, 0.15) is 0 Å². The van der Waals surface area contributed by atoms with Crippen molar-refractivity contribution in [2.45, 2.75) is 45.3 Å². The van der Waals surface area contributed by atoms with Gasteiger partial charge in [0, 0.05) is 23.0 Å². The van der Waals surface area contributed by atoms with Crippen molar-refractivity contribution in [3.05, 3.63) is 21.1 Å². The van der Waals surface area contributed by atoms with Gasteiger partial charge in [0.15, 0.2) is 5.00 Å². The summed E-state index contributed by atoms with van der Waals surface area (Å²) >= 11 is 1.33. The summed E-state index contributed by atoms with van der Waals surface area (Å²) in [6.07, 6.45) is 1.42. The van der Waals surface area contributed by atoms with Crippen molar-refractivity contribution in [1.29, 1.82) is 0 Å². The molecule has 0 aromatic carbocycles. The van der Waals surface area contributed by atoms with E-state index in [2.05, 4.69) is 18.7 Å². The van der Waals surface area contributed by atoms with E-state index in [1.165, 1.54) is 17.4 Å². The zero-order chi connectivity index (χ0) is 13.5. The lowest BCUT2D eigenvalue weighted by Crippen LogP contribution is -2.37. The highest BCUT2D eigenvalue weighted by molar-refractivity contribution is 7.16. The summed E-state index contributed by atoms with van der Waals surface area (Å²) < 4.78 is 0. The molecule has 2 heterocycles. The van der Waals surface area contributed by atoms with Crippen molar-refractivity contribution in [2.24, 2.45) is 0 Å². The van der Waals surface area contributed by atoms with Gasteiger partial charge in [0.2, 0.25) is 0 Å². The zero-order valence-corrected chi connectivity index (χ0v) is 11.7. The third-order valence-corrected chi connectivity index (χ3v) is 4.78. The number of anilines is 1. The molecule has 1 aromatic heterocycles. The summed E-state index contributed by atoms with van der Waals surface area (Å²) in [6.45, 7) is 6.68. The van der Waals surface area contributed by atoms with Crippen molar-refractivity contribution in [3.8, 4) is 0 Å².